The second kappa shape index (κ2) is 6.76. The molecular formula is C22H19F3N2O4. The molecule has 0 saturated heterocycles. The van der Waals surface area contributed by atoms with Crippen LogP contribution in [0, 0.1) is 11.3 Å². The minimum absolute atomic E-state index is 0.0844. The first-order valence-corrected chi connectivity index (χ1v) is 9.44. The molecule has 31 heavy (non-hydrogen) atoms. The van der Waals surface area contributed by atoms with E-state index in [9.17, 15) is 27.9 Å². The van der Waals surface area contributed by atoms with Gasteiger partial charge in [-0.15, -0.1) is 13.2 Å². The van der Waals surface area contributed by atoms with Crippen LogP contribution in [0.4, 0.5) is 13.2 Å². The molecule has 9 heteroatoms. The Labute approximate surface area is 175 Å². The average Bonchev–Trinajstić information content (AvgIpc) is 3.04. The fraction of sp³-hybridized carbons (Fsp3) is 0.273. The first-order chi connectivity index (χ1) is 14.4. The van der Waals surface area contributed by atoms with Crippen molar-refractivity contribution >= 4 is 22.8 Å². The summed E-state index contributed by atoms with van der Waals surface area (Å²) in [6.07, 6.45) is -4.86. The number of carbonyl (C=O) groups excluding carboxylic acids is 1. The third kappa shape index (κ3) is 3.60. The third-order valence-electron chi connectivity index (χ3n) is 5.84. The zero-order chi connectivity index (χ0) is 22.7. The van der Waals surface area contributed by atoms with Crippen molar-refractivity contribution in [2.75, 3.05) is 0 Å². The van der Waals surface area contributed by atoms with Gasteiger partial charge in [0.2, 0.25) is 0 Å². The molecule has 0 bridgehead atoms. The Morgan fingerprint density at radius 2 is 1.84 bits per heavy atom. The van der Waals surface area contributed by atoms with E-state index in [1.165, 1.54) is 22.8 Å². The highest BCUT2D eigenvalue weighted by Gasteiger charge is 2.62. The molecule has 2 aromatic carbocycles. The SMILES string of the molecule is CC1(C)[C@@H](C(=O)O)[C@@H]1c1cccc(-n2c(C(N)=O)cc3ccc(OC(F)(F)F)cc32)c1. The van der Waals surface area contributed by atoms with Crippen molar-refractivity contribution in [3.05, 3.63) is 59.8 Å². The van der Waals surface area contributed by atoms with Crippen molar-refractivity contribution in [1.29, 1.82) is 0 Å². The Hall–Kier alpha value is -3.49. The van der Waals surface area contributed by atoms with Crippen LogP contribution in [0.15, 0.2) is 48.5 Å². The smallest absolute Gasteiger partial charge is 0.481 e. The quantitative estimate of drug-likeness (QED) is 0.623. The standard InChI is InChI=1S/C22H19F3N2O4/c1-21(2)17(18(21)20(29)30)12-4-3-5-13(8-12)27-15-10-14(31-22(23,24)25)7-6-11(15)9-16(27)19(26)28/h3-10,17-18H,1-2H3,(H2,26,28)(H,29,30)/t17-,18+/m0/s1. The van der Waals surface area contributed by atoms with Crippen LogP contribution in [-0.2, 0) is 4.79 Å². The molecule has 1 aliphatic rings. The summed E-state index contributed by atoms with van der Waals surface area (Å²) >= 11 is 0. The molecule has 1 aromatic heterocycles. The lowest BCUT2D eigenvalue weighted by atomic mass is 10.0. The van der Waals surface area contributed by atoms with E-state index >= 15 is 0 Å². The summed E-state index contributed by atoms with van der Waals surface area (Å²) in [4.78, 5) is 23.6. The highest BCUT2D eigenvalue weighted by Crippen LogP contribution is 2.64. The molecule has 2 atom stereocenters. The number of amides is 1. The van der Waals surface area contributed by atoms with Gasteiger partial charge in [0.05, 0.1) is 11.4 Å². The van der Waals surface area contributed by atoms with Crippen molar-refractivity contribution < 1.29 is 32.6 Å². The maximum absolute atomic E-state index is 12.7. The molecular weight excluding hydrogens is 413 g/mol. The predicted molar refractivity (Wildman–Crippen MR) is 106 cm³/mol. The topological polar surface area (TPSA) is 94.5 Å². The average molecular weight is 432 g/mol. The summed E-state index contributed by atoms with van der Waals surface area (Å²) in [5.74, 6) is -2.85. The number of primary amides is 1. The Bertz CT molecular complexity index is 1210. The van der Waals surface area contributed by atoms with Gasteiger partial charge in [0.1, 0.15) is 11.4 Å². The molecule has 3 N–H and O–H groups in total. The number of rotatable bonds is 5. The summed E-state index contributed by atoms with van der Waals surface area (Å²) in [5.41, 5.74) is 6.71. The van der Waals surface area contributed by atoms with Crippen molar-refractivity contribution in [2.24, 2.45) is 17.1 Å². The van der Waals surface area contributed by atoms with E-state index < -0.39 is 35.3 Å². The molecule has 3 aromatic rings. The van der Waals surface area contributed by atoms with Gasteiger partial charge < -0.3 is 20.1 Å². The molecule has 1 saturated carbocycles. The molecule has 6 nitrogen and oxygen atoms in total. The molecule has 0 radical (unpaired) electrons. The van der Waals surface area contributed by atoms with Gasteiger partial charge in [-0.25, -0.2) is 0 Å². The zero-order valence-corrected chi connectivity index (χ0v) is 16.6. The summed E-state index contributed by atoms with van der Waals surface area (Å²) in [5, 5.41) is 9.99. The van der Waals surface area contributed by atoms with E-state index in [0.717, 1.165) is 11.6 Å². The van der Waals surface area contributed by atoms with E-state index in [0.29, 0.717) is 16.6 Å². The van der Waals surface area contributed by atoms with Crippen LogP contribution >= 0.6 is 0 Å². The largest absolute Gasteiger partial charge is 0.573 e. The van der Waals surface area contributed by atoms with Crippen LogP contribution in [0.3, 0.4) is 0 Å². The number of aromatic nitrogens is 1. The number of hydrogen-bond acceptors (Lipinski definition) is 3. The number of carboxylic acid groups (broad SMARTS) is 1. The van der Waals surface area contributed by atoms with Crippen molar-refractivity contribution in [3.8, 4) is 11.4 Å². The third-order valence-corrected chi connectivity index (χ3v) is 5.84. The number of halogens is 3. The zero-order valence-electron chi connectivity index (χ0n) is 16.6. The van der Waals surface area contributed by atoms with E-state index in [2.05, 4.69) is 4.74 Å². The highest BCUT2D eigenvalue weighted by atomic mass is 19.4. The Morgan fingerprint density at radius 3 is 2.42 bits per heavy atom. The van der Waals surface area contributed by atoms with E-state index in [1.54, 1.807) is 24.3 Å². The number of ether oxygens (including phenoxy) is 1. The lowest BCUT2D eigenvalue weighted by molar-refractivity contribution is -0.274. The molecule has 1 amide bonds. The van der Waals surface area contributed by atoms with Crippen LogP contribution in [0.2, 0.25) is 0 Å². The maximum atomic E-state index is 12.7. The molecule has 0 spiro atoms. The fourth-order valence-corrected chi connectivity index (χ4v) is 4.42. The van der Waals surface area contributed by atoms with Crippen LogP contribution in [0.25, 0.3) is 16.6 Å². The van der Waals surface area contributed by atoms with E-state index in [4.69, 9.17) is 5.73 Å². The number of fused-ring (bicyclic) bond motifs is 1. The van der Waals surface area contributed by atoms with Gasteiger partial charge in [0, 0.05) is 23.1 Å². The monoisotopic (exact) mass is 432 g/mol. The van der Waals surface area contributed by atoms with Crippen LogP contribution < -0.4 is 10.5 Å². The predicted octanol–water partition coefficient (Wildman–Crippen LogP) is 4.45. The summed E-state index contributed by atoms with van der Waals surface area (Å²) in [7, 11) is 0. The van der Waals surface area contributed by atoms with Gasteiger partial charge >= 0.3 is 12.3 Å². The van der Waals surface area contributed by atoms with Gasteiger partial charge in [-0.1, -0.05) is 26.0 Å². The van der Waals surface area contributed by atoms with E-state index in [1.807, 2.05) is 13.8 Å². The Morgan fingerprint density at radius 1 is 1.13 bits per heavy atom. The first-order valence-electron chi connectivity index (χ1n) is 9.44. The lowest BCUT2D eigenvalue weighted by Gasteiger charge is -2.13. The number of benzene rings is 2. The molecule has 162 valence electrons. The highest BCUT2D eigenvalue weighted by molar-refractivity contribution is 5.99. The normalized spacial score (nSPS) is 19.9. The molecule has 4 rings (SSSR count). The summed E-state index contributed by atoms with van der Waals surface area (Å²) in [6.45, 7) is 3.73. The Balaban J connectivity index is 1.85. The van der Waals surface area contributed by atoms with Crippen molar-refractivity contribution in [3.63, 3.8) is 0 Å². The molecule has 1 fully saturated rings. The second-order valence-electron chi connectivity index (χ2n) is 8.21. The fourth-order valence-electron chi connectivity index (χ4n) is 4.42. The number of alkyl halides is 3. The molecule has 1 aliphatic carbocycles. The number of nitrogens with zero attached hydrogens (tertiary/aromatic N) is 1. The number of carboxylic acids is 1. The Kier molecular flexibility index (Phi) is 4.53. The van der Waals surface area contributed by atoms with E-state index in [-0.39, 0.29) is 11.6 Å². The summed E-state index contributed by atoms with van der Waals surface area (Å²) < 4.78 is 43.5. The molecule has 1 heterocycles. The number of carbonyl (C=O) groups is 2. The first kappa shape index (κ1) is 20.8. The minimum atomic E-state index is -4.86. The minimum Gasteiger partial charge on any atom is -0.481 e. The van der Waals surface area contributed by atoms with Crippen molar-refractivity contribution in [2.45, 2.75) is 26.1 Å². The van der Waals surface area contributed by atoms with Gasteiger partial charge in [0.25, 0.3) is 5.91 Å². The summed E-state index contributed by atoms with van der Waals surface area (Å²) in [6, 6.07) is 12.2. The lowest BCUT2D eigenvalue weighted by Crippen LogP contribution is -2.17. The second-order valence-corrected chi connectivity index (χ2v) is 8.21. The molecule has 0 unspecified atom stereocenters. The number of hydrogen-bond donors (Lipinski definition) is 2. The van der Waals surface area contributed by atoms with Gasteiger partial charge in [-0.05, 0) is 41.3 Å². The van der Waals surface area contributed by atoms with Gasteiger partial charge in [-0.3, -0.25) is 9.59 Å². The maximum Gasteiger partial charge on any atom is 0.573 e. The van der Waals surface area contributed by atoms with Gasteiger partial charge in [0.15, 0.2) is 0 Å². The van der Waals surface area contributed by atoms with Crippen molar-refractivity contribution in [1.82, 2.24) is 4.57 Å². The van der Waals surface area contributed by atoms with Crippen LogP contribution in [0.5, 0.6) is 5.75 Å². The number of nitrogens with two attached hydrogens (primary N) is 1. The molecule has 0 aliphatic heterocycles. The van der Waals surface area contributed by atoms with Gasteiger partial charge in [-0.2, -0.15) is 0 Å². The van der Waals surface area contributed by atoms with Crippen LogP contribution in [0.1, 0.15) is 35.8 Å². The number of aliphatic carboxylic acids is 1. The van der Waals surface area contributed by atoms with Crippen LogP contribution in [-0.4, -0.2) is 27.9 Å².